The van der Waals surface area contributed by atoms with Gasteiger partial charge in [0.25, 0.3) is 0 Å². The summed E-state index contributed by atoms with van der Waals surface area (Å²) in [6.07, 6.45) is 6.14. The van der Waals surface area contributed by atoms with Crippen LogP contribution in [-0.4, -0.2) is 24.7 Å². The van der Waals surface area contributed by atoms with E-state index in [1.54, 1.807) is 0 Å². The SMILES string of the molecule is [CH2-][NH+]1CCc2c1ccnc2C1=CCOCC1. The van der Waals surface area contributed by atoms with Gasteiger partial charge in [-0.15, -0.1) is 7.05 Å². The molecule has 1 unspecified atom stereocenters. The molecule has 1 N–H and O–H groups in total. The Labute approximate surface area is 95.7 Å². The molecule has 0 spiro atoms. The second-order valence-corrected chi connectivity index (χ2v) is 4.34. The summed E-state index contributed by atoms with van der Waals surface area (Å²) >= 11 is 0. The molecule has 0 saturated heterocycles. The molecule has 1 aromatic heterocycles. The molecule has 1 aromatic rings. The van der Waals surface area contributed by atoms with Crippen molar-refractivity contribution in [1.29, 1.82) is 0 Å². The van der Waals surface area contributed by atoms with Crippen LogP contribution in [0.3, 0.4) is 0 Å². The molecule has 0 radical (unpaired) electrons. The predicted octanol–water partition coefficient (Wildman–Crippen LogP) is 0.749. The molecule has 0 saturated carbocycles. The summed E-state index contributed by atoms with van der Waals surface area (Å²) in [5, 5.41) is 0. The van der Waals surface area contributed by atoms with E-state index in [1.165, 1.54) is 27.4 Å². The Morgan fingerprint density at radius 1 is 1.38 bits per heavy atom. The number of hydrogen-bond acceptors (Lipinski definition) is 2. The lowest BCUT2D eigenvalue weighted by atomic mass is 10.0. The molecule has 0 bridgehead atoms. The van der Waals surface area contributed by atoms with Crippen molar-refractivity contribution in [3.05, 3.63) is 36.6 Å². The number of fused-ring (bicyclic) bond motifs is 1. The van der Waals surface area contributed by atoms with Crippen LogP contribution in [0.2, 0.25) is 0 Å². The third kappa shape index (κ3) is 1.56. The first-order chi connectivity index (χ1) is 7.86. The highest BCUT2D eigenvalue weighted by Crippen LogP contribution is 2.27. The maximum Gasteiger partial charge on any atom is 0.112 e. The lowest BCUT2D eigenvalue weighted by molar-refractivity contribution is -0.775. The Balaban J connectivity index is 2.05. The molecular formula is C13H16N2O. The van der Waals surface area contributed by atoms with Gasteiger partial charge in [-0.1, -0.05) is 6.08 Å². The zero-order valence-corrected chi connectivity index (χ0v) is 9.33. The summed E-state index contributed by atoms with van der Waals surface area (Å²) in [5.41, 5.74) is 5.23. The minimum absolute atomic E-state index is 0.724. The highest BCUT2D eigenvalue weighted by molar-refractivity contribution is 5.69. The number of nitrogens with one attached hydrogen (secondary N) is 1. The van der Waals surface area contributed by atoms with E-state index >= 15 is 0 Å². The first-order valence-electron chi connectivity index (χ1n) is 5.79. The number of rotatable bonds is 1. The fraction of sp³-hybridized carbons (Fsp3) is 0.385. The van der Waals surface area contributed by atoms with Crippen LogP contribution in [0.25, 0.3) is 5.57 Å². The largest absolute Gasteiger partial charge is 0.434 e. The zero-order valence-electron chi connectivity index (χ0n) is 9.33. The predicted molar refractivity (Wildman–Crippen MR) is 62.2 cm³/mol. The molecule has 3 nitrogen and oxygen atoms in total. The summed E-state index contributed by atoms with van der Waals surface area (Å²) < 4.78 is 5.34. The molecule has 1 atom stereocenters. The molecule has 2 aliphatic rings. The summed E-state index contributed by atoms with van der Waals surface area (Å²) in [6.45, 7) is 2.62. The van der Waals surface area contributed by atoms with Gasteiger partial charge in [0.15, 0.2) is 0 Å². The van der Waals surface area contributed by atoms with Crippen LogP contribution in [0.15, 0.2) is 18.3 Å². The first kappa shape index (κ1) is 10.00. The molecule has 3 heterocycles. The highest BCUT2D eigenvalue weighted by atomic mass is 16.5. The van der Waals surface area contributed by atoms with E-state index in [4.69, 9.17) is 4.74 Å². The number of pyridine rings is 1. The van der Waals surface area contributed by atoms with Crippen molar-refractivity contribution >= 4 is 11.3 Å². The van der Waals surface area contributed by atoms with Crippen LogP contribution in [0.5, 0.6) is 0 Å². The van der Waals surface area contributed by atoms with Gasteiger partial charge >= 0.3 is 0 Å². The Morgan fingerprint density at radius 3 is 3.12 bits per heavy atom. The maximum atomic E-state index is 5.34. The lowest BCUT2D eigenvalue weighted by Gasteiger charge is -2.16. The van der Waals surface area contributed by atoms with Crippen LogP contribution in [-0.2, 0) is 11.2 Å². The van der Waals surface area contributed by atoms with Gasteiger partial charge in [0.05, 0.1) is 25.5 Å². The fourth-order valence-electron chi connectivity index (χ4n) is 2.51. The smallest absolute Gasteiger partial charge is 0.112 e. The summed E-state index contributed by atoms with van der Waals surface area (Å²) in [7, 11) is 4.11. The van der Waals surface area contributed by atoms with Gasteiger partial charge in [0.1, 0.15) is 5.69 Å². The van der Waals surface area contributed by atoms with E-state index in [9.17, 15) is 0 Å². The van der Waals surface area contributed by atoms with E-state index in [1.807, 2.05) is 6.20 Å². The normalized spacial score (nSPS) is 24.1. The molecule has 0 amide bonds. The van der Waals surface area contributed by atoms with Gasteiger partial charge < -0.3 is 9.64 Å². The monoisotopic (exact) mass is 216 g/mol. The van der Waals surface area contributed by atoms with E-state index < -0.39 is 0 Å². The molecule has 0 aliphatic carbocycles. The van der Waals surface area contributed by atoms with Gasteiger partial charge in [0.2, 0.25) is 0 Å². The topological polar surface area (TPSA) is 26.6 Å². The van der Waals surface area contributed by atoms with Crippen molar-refractivity contribution in [3.8, 4) is 0 Å². The zero-order chi connectivity index (χ0) is 11.0. The minimum Gasteiger partial charge on any atom is -0.434 e. The van der Waals surface area contributed by atoms with Crippen LogP contribution in [0.1, 0.15) is 17.7 Å². The maximum absolute atomic E-state index is 5.34. The van der Waals surface area contributed by atoms with E-state index in [0.717, 1.165) is 32.6 Å². The number of aromatic nitrogens is 1. The highest BCUT2D eigenvalue weighted by Gasteiger charge is 2.23. The van der Waals surface area contributed by atoms with Crippen LogP contribution in [0.4, 0.5) is 5.69 Å². The number of hydrogen-bond donors (Lipinski definition) is 1. The summed E-state index contributed by atoms with van der Waals surface area (Å²) in [4.78, 5) is 5.80. The second kappa shape index (κ2) is 4.00. The molecular weight excluding hydrogens is 200 g/mol. The quantitative estimate of drug-likeness (QED) is 0.701. The van der Waals surface area contributed by atoms with Crippen molar-refractivity contribution in [2.24, 2.45) is 0 Å². The average Bonchev–Trinajstić information content (AvgIpc) is 2.73. The molecule has 0 aromatic carbocycles. The third-order valence-electron chi connectivity index (χ3n) is 3.38. The Bertz CT molecular complexity index is 440. The Kier molecular flexibility index (Phi) is 2.50. The Morgan fingerprint density at radius 2 is 2.31 bits per heavy atom. The van der Waals surface area contributed by atoms with Crippen molar-refractivity contribution in [2.75, 3.05) is 19.8 Å². The molecule has 3 heteroatoms. The first-order valence-corrected chi connectivity index (χ1v) is 5.79. The molecule has 16 heavy (non-hydrogen) atoms. The third-order valence-corrected chi connectivity index (χ3v) is 3.38. The number of ether oxygens (including phenoxy) is 1. The lowest BCUT2D eigenvalue weighted by Crippen LogP contribution is -3.00. The van der Waals surface area contributed by atoms with E-state index in [2.05, 4.69) is 24.2 Å². The van der Waals surface area contributed by atoms with Gasteiger partial charge in [-0.3, -0.25) is 4.98 Å². The number of nitrogens with zero attached hydrogens (tertiary/aromatic N) is 1. The second-order valence-electron chi connectivity index (χ2n) is 4.34. The fourth-order valence-corrected chi connectivity index (χ4v) is 2.51. The van der Waals surface area contributed by atoms with E-state index in [0.29, 0.717) is 0 Å². The summed E-state index contributed by atoms with van der Waals surface area (Å²) in [6, 6.07) is 2.09. The van der Waals surface area contributed by atoms with Crippen molar-refractivity contribution in [3.63, 3.8) is 0 Å². The van der Waals surface area contributed by atoms with Crippen LogP contribution in [0, 0.1) is 7.05 Å². The summed E-state index contributed by atoms with van der Waals surface area (Å²) in [5.74, 6) is 0. The van der Waals surface area contributed by atoms with Crippen molar-refractivity contribution in [1.82, 2.24) is 4.98 Å². The van der Waals surface area contributed by atoms with Gasteiger partial charge in [0, 0.05) is 24.2 Å². The van der Waals surface area contributed by atoms with Gasteiger partial charge in [-0.25, -0.2) is 0 Å². The minimum atomic E-state index is 0.724. The average molecular weight is 216 g/mol. The molecule has 84 valence electrons. The van der Waals surface area contributed by atoms with Crippen LogP contribution >= 0.6 is 0 Å². The van der Waals surface area contributed by atoms with Crippen molar-refractivity contribution in [2.45, 2.75) is 12.8 Å². The molecule has 3 rings (SSSR count). The molecule has 0 fully saturated rings. The number of quaternary nitrogens is 1. The standard InChI is InChI=1S/C13H16N2O/c1-15-7-3-11-12(15)2-6-14-13(11)10-4-8-16-9-5-10/h2,4,6,15H,1,3,5,7-9H2. The van der Waals surface area contributed by atoms with E-state index in [-0.39, 0.29) is 0 Å². The van der Waals surface area contributed by atoms with Crippen molar-refractivity contribution < 1.29 is 9.64 Å². The van der Waals surface area contributed by atoms with Gasteiger partial charge in [-0.2, -0.15) is 0 Å². The Hall–Kier alpha value is -1.19. The molecule has 2 aliphatic heterocycles. The van der Waals surface area contributed by atoms with Gasteiger partial charge in [-0.05, 0) is 12.0 Å². The van der Waals surface area contributed by atoms with Crippen LogP contribution < -0.4 is 4.90 Å².